The summed E-state index contributed by atoms with van der Waals surface area (Å²) in [6.07, 6.45) is 4.25. The van der Waals surface area contributed by atoms with Gasteiger partial charge in [-0.2, -0.15) is 0 Å². The lowest BCUT2D eigenvalue weighted by molar-refractivity contribution is 0.398. The summed E-state index contributed by atoms with van der Waals surface area (Å²) in [4.78, 5) is 33.0. The molecule has 4 aliphatic rings. The smallest absolute Gasteiger partial charge is 0.344 e. The number of fused-ring (bicyclic) bond motifs is 5. The minimum absolute atomic E-state index is 0.0314. The topological polar surface area (TPSA) is 66.9 Å². The molecule has 0 N–H and O–H groups in total. The van der Waals surface area contributed by atoms with Crippen molar-refractivity contribution in [3.8, 4) is 44.5 Å². The van der Waals surface area contributed by atoms with E-state index < -0.39 is 0 Å². The second kappa shape index (κ2) is 14.1. The van der Waals surface area contributed by atoms with Crippen LogP contribution in [-0.2, 0) is 21.7 Å². The molecule has 8 aromatic rings. The van der Waals surface area contributed by atoms with Gasteiger partial charge in [-0.05, 0) is 151 Å². The molecule has 6 aromatic carbocycles. The van der Waals surface area contributed by atoms with Crippen molar-refractivity contribution in [2.75, 3.05) is 36.0 Å². The molecule has 2 aromatic heterocycles. The van der Waals surface area contributed by atoms with Crippen LogP contribution in [0, 0.1) is 0 Å². The van der Waals surface area contributed by atoms with E-state index in [1.165, 1.54) is 33.6 Å². The number of anilines is 2. The van der Waals surface area contributed by atoms with Gasteiger partial charge in [-0.3, -0.25) is 0 Å². The third-order valence-corrected chi connectivity index (χ3v) is 16.3. The molecule has 4 aliphatic heterocycles. The van der Waals surface area contributed by atoms with Crippen LogP contribution in [0.1, 0.15) is 103 Å². The van der Waals surface area contributed by atoms with Gasteiger partial charge in [0.05, 0.1) is 11.1 Å². The zero-order chi connectivity index (χ0) is 45.7. The molecule has 0 spiro atoms. The van der Waals surface area contributed by atoms with Gasteiger partial charge < -0.3 is 18.6 Å². The molecule has 6 nitrogen and oxygen atoms in total. The molecule has 0 saturated heterocycles. The highest BCUT2D eigenvalue weighted by molar-refractivity contribution is 5.96. The van der Waals surface area contributed by atoms with E-state index in [2.05, 4.69) is 150 Å². The molecule has 0 radical (unpaired) electrons. The summed E-state index contributed by atoms with van der Waals surface area (Å²) in [7, 11) is 0. The van der Waals surface area contributed by atoms with Crippen molar-refractivity contribution in [1.29, 1.82) is 0 Å². The number of hydrogen-bond donors (Lipinski definition) is 0. The van der Waals surface area contributed by atoms with Crippen LogP contribution in [-0.4, -0.2) is 26.2 Å². The summed E-state index contributed by atoms with van der Waals surface area (Å²) < 4.78 is 12.7. The Kier molecular flexibility index (Phi) is 8.75. The van der Waals surface area contributed by atoms with Crippen LogP contribution in [0.5, 0.6) is 0 Å². The lowest BCUT2D eigenvalue weighted by Crippen LogP contribution is -2.44. The maximum Gasteiger partial charge on any atom is 0.344 e. The first kappa shape index (κ1) is 41.1. The molecule has 0 fully saturated rings. The van der Waals surface area contributed by atoms with E-state index in [9.17, 15) is 9.59 Å². The van der Waals surface area contributed by atoms with E-state index in [1.807, 2.05) is 24.3 Å². The Morgan fingerprint density at radius 1 is 0.394 bits per heavy atom. The summed E-state index contributed by atoms with van der Waals surface area (Å²) in [6.45, 7) is 22.7. The van der Waals surface area contributed by atoms with Gasteiger partial charge in [0.15, 0.2) is 0 Å². The number of hydrogen-bond acceptors (Lipinski definition) is 6. The highest BCUT2D eigenvalue weighted by atomic mass is 16.4. The van der Waals surface area contributed by atoms with E-state index >= 15 is 0 Å². The predicted octanol–water partition coefficient (Wildman–Crippen LogP) is 14.1. The average molecular weight is 871 g/mol. The predicted molar refractivity (Wildman–Crippen MR) is 273 cm³/mol. The van der Waals surface area contributed by atoms with Crippen molar-refractivity contribution in [1.82, 2.24) is 0 Å². The third kappa shape index (κ3) is 6.27. The van der Waals surface area contributed by atoms with Crippen molar-refractivity contribution in [3.63, 3.8) is 0 Å². The second-order valence-corrected chi connectivity index (χ2v) is 22.5. The molecule has 0 saturated carbocycles. The Morgan fingerprint density at radius 2 is 0.758 bits per heavy atom. The average Bonchev–Trinajstić information content (AvgIpc) is 3.29. The quantitative estimate of drug-likeness (QED) is 0.164. The lowest BCUT2D eigenvalue weighted by atomic mass is 9.69. The van der Waals surface area contributed by atoms with Crippen LogP contribution in [0.4, 0.5) is 11.4 Å². The van der Waals surface area contributed by atoms with Crippen molar-refractivity contribution < 1.29 is 8.83 Å². The largest absolute Gasteiger partial charge is 0.422 e. The van der Waals surface area contributed by atoms with Crippen LogP contribution >= 0.6 is 0 Å². The fourth-order valence-corrected chi connectivity index (χ4v) is 12.0. The maximum absolute atomic E-state index is 14.0. The van der Waals surface area contributed by atoms with E-state index in [0.29, 0.717) is 11.1 Å². The van der Waals surface area contributed by atoms with Crippen LogP contribution in [0.2, 0.25) is 0 Å². The Balaban J connectivity index is 0.875. The van der Waals surface area contributed by atoms with Gasteiger partial charge >= 0.3 is 11.3 Å². The SMILES string of the molecule is CC1(C)CCN2CCC(C)(C)c3c2c1cc1cc(-c2cccc(-c4ccc5cc(-c6cccc(-c7cc8cc9c%10c(c8oc7=O)C(C)(C)CCN%10CCC9(C)C)c6)ccc5c4)c2)c(=O)oc31. The first-order chi connectivity index (χ1) is 31.5. The molecular weight excluding hydrogens is 813 g/mol. The summed E-state index contributed by atoms with van der Waals surface area (Å²) in [5, 5.41) is 4.23. The first-order valence-corrected chi connectivity index (χ1v) is 24.0. The van der Waals surface area contributed by atoms with Crippen molar-refractivity contribution in [2.24, 2.45) is 0 Å². The van der Waals surface area contributed by atoms with Crippen LogP contribution in [0.3, 0.4) is 0 Å². The van der Waals surface area contributed by atoms with Gasteiger partial charge in [0, 0.05) is 59.5 Å². The molecular formula is C60H58N2O4. The van der Waals surface area contributed by atoms with Crippen LogP contribution in [0.25, 0.3) is 77.2 Å². The zero-order valence-electron chi connectivity index (χ0n) is 39.6. The van der Waals surface area contributed by atoms with Gasteiger partial charge in [0.1, 0.15) is 11.2 Å². The van der Waals surface area contributed by atoms with Crippen molar-refractivity contribution in [2.45, 2.75) is 103 Å². The normalized spacial score (nSPS) is 18.7. The summed E-state index contributed by atoms with van der Waals surface area (Å²) in [5.74, 6) is 0. The molecule has 0 atom stereocenters. The molecule has 0 bridgehead atoms. The number of benzene rings is 6. The van der Waals surface area contributed by atoms with E-state index in [-0.39, 0.29) is 32.9 Å². The Labute approximate surface area is 386 Å². The molecule has 6 heterocycles. The third-order valence-electron chi connectivity index (χ3n) is 16.3. The summed E-state index contributed by atoms with van der Waals surface area (Å²) >= 11 is 0. The number of nitrogens with zero attached hydrogens (tertiary/aromatic N) is 2. The van der Waals surface area contributed by atoms with Gasteiger partial charge in [-0.1, -0.05) is 116 Å². The molecule has 0 unspecified atom stereocenters. The zero-order valence-corrected chi connectivity index (χ0v) is 39.6. The monoisotopic (exact) mass is 870 g/mol. The first-order valence-electron chi connectivity index (χ1n) is 24.0. The van der Waals surface area contributed by atoms with Gasteiger partial charge in [-0.15, -0.1) is 0 Å². The highest BCUT2D eigenvalue weighted by Gasteiger charge is 2.43. The van der Waals surface area contributed by atoms with Gasteiger partial charge in [0.2, 0.25) is 0 Å². The van der Waals surface area contributed by atoms with Crippen LogP contribution in [0.15, 0.2) is 128 Å². The summed E-state index contributed by atoms with van der Waals surface area (Å²) in [5.41, 5.74) is 15.4. The molecule has 6 heteroatoms. The molecule has 12 rings (SSSR count). The Morgan fingerprint density at radius 3 is 1.17 bits per heavy atom. The Bertz CT molecular complexity index is 3270. The molecule has 66 heavy (non-hydrogen) atoms. The summed E-state index contributed by atoms with van der Waals surface area (Å²) in [6, 6.07) is 38.4. The minimum atomic E-state index is -0.303. The molecule has 0 amide bonds. The van der Waals surface area contributed by atoms with Gasteiger partial charge in [0.25, 0.3) is 0 Å². The molecule has 332 valence electrons. The minimum Gasteiger partial charge on any atom is -0.422 e. The fraction of sp³-hybridized carbons (Fsp3) is 0.333. The highest BCUT2D eigenvalue weighted by Crippen LogP contribution is 2.53. The lowest BCUT2D eigenvalue weighted by Gasteiger charge is -2.48. The standard InChI is InChI=1S/C60H58N2O4/c1-57(2)19-23-61-25-21-59(5,6)49-51(61)47(57)33-43-31-45(55(63)65-53(43)49)41-13-9-11-35(29-41)37-15-17-40-28-38(16-18-39(40)27-37)36-12-10-14-42(30-36)46-32-44-34-48-52-50(54(44)66-56(46)64)60(7,8)22-26-62(52)24-20-58(48,3)4/h9-18,27-34H,19-26H2,1-8H3. The molecule has 0 aliphatic carbocycles. The Hall–Kier alpha value is -6.40. The number of rotatable bonds is 4. The van der Waals surface area contributed by atoms with E-state index in [0.717, 1.165) is 118 Å². The van der Waals surface area contributed by atoms with Gasteiger partial charge in [-0.25, -0.2) is 9.59 Å². The van der Waals surface area contributed by atoms with Crippen LogP contribution < -0.4 is 21.1 Å². The van der Waals surface area contributed by atoms with E-state index in [4.69, 9.17) is 8.83 Å². The fourth-order valence-electron chi connectivity index (χ4n) is 12.0. The maximum atomic E-state index is 14.0. The van der Waals surface area contributed by atoms with Crippen molar-refractivity contribution in [3.05, 3.63) is 152 Å². The second-order valence-electron chi connectivity index (χ2n) is 22.5. The van der Waals surface area contributed by atoms with Crippen molar-refractivity contribution >= 4 is 44.1 Å². The van der Waals surface area contributed by atoms with E-state index in [1.54, 1.807) is 0 Å².